The highest BCUT2D eigenvalue weighted by molar-refractivity contribution is 7.89. The first kappa shape index (κ1) is 22.7. The molecule has 1 aromatic rings. The van der Waals surface area contributed by atoms with Gasteiger partial charge >= 0.3 is 0 Å². The van der Waals surface area contributed by atoms with Gasteiger partial charge in [-0.05, 0) is 74.1 Å². The van der Waals surface area contributed by atoms with Gasteiger partial charge in [0.05, 0.1) is 4.90 Å². The van der Waals surface area contributed by atoms with Crippen LogP contribution < -0.4 is 15.4 Å². The highest BCUT2D eigenvalue weighted by Crippen LogP contribution is 2.26. The lowest BCUT2D eigenvalue weighted by Crippen LogP contribution is -2.52. The van der Waals surface area contributed by atoms with Gasteiger partial charge in [-0.2, -0.15) is 4.72 Å². The van der Waals surface area contributed by atoms with Crippen LogP contribution in [0, 0.1) is 11.8 Å². The van der Waals surface area contributed by atoms with Crippen molar-refractivity contribution in [1.29, 1.82) is 0 Å². The third kappa shape index (κ3) is 5.60. The standard InChI is InChI=1S/C22H33N3O4S/c1-14(2)21(22(27)23-17-9-7-15(3)8-10-17)25-30(28,29)18-11-12-19-16(13-18)5-4-6-20(26)24-19/h11-15,17,21,25H,4-10H2,1-3H3,(H,23,27)(H,24,26)/t15?,17?,21-/m1/s1. The summed E-state index contributed by atoms with van der Waals surface area (Å²) in [6.07, 6.45) is 5.74. The first-order valence-electron chi connectivity index (χ1n) is 10.9. The molecule has 0 aromatic heterocycles. The molecule has 0 bridgehead atoms. The Kier molecular flexibility index (Phi) is 7.18. The molecule has 0 radical (unpaired) electrons. The second-order valence-electron chi connectivity index (χ2n) is 9.03. The van der Waals surface area contributed by atoms with Crippen LogP contribution >= 0.6 is 0 Å². The number of carbonyl (C=O) groups is 2. The van der Waals surface area contributed by atoms with Gasteiger partial charge in [-0.3, -0.25) is 9.59 Å². The van der Waals surface area contributed by atoms with Crippen LogP contribution in [0.4, 0.5) is 5.69 Å². The molecule has 2 aliphatic rings. The number of aryl methyl sites for hydroxylation is 1. The number of anilines is 1. The van der Waals surface area contributed by atoms with Crippen LogP contribution in [-0.4, -0.2) is 32.3 Å². The number of nitrogens with one attached hydrogen (secondary N) is 3. The van der Waals surface area contributed by atoms with E-state index in [1.807, 2.05) is 13.8 Å². The number of sulfonamides is 1. The third-order valence-electron chi connectivity index (χ3n) is 6.10. The molecule has 1 heterocycles. The minimum Gasteiger partial charge on any atom is -0.352 e. The van der Waals surface area contributed by atoms with Gasteiger partial charge in [-0.25, -0.2) is 8.42 Å². The van der Waals surface area contributed by atoms with E-state index in [4.69, 9.17) is 0 Å². The van der Waals surface area contributed by atoms with Crippen LogP contribution in [0.3, 0.4) is 0 Å². The van der Waals surface area contributed by atoms with Crippen LogP contribution in [0.2, 0.25) is 0 Å². The van der Waals surface area contributed by atoms with E-state index in [9.17, 15) is 18.0 Å². The molecule has 0 unspecified atom stereocenters. The fraction of sp³-hybridized carbons (Fsp3) is 0.636. The monoisotopic (exact) mass is 435 g/mol. The number of hydrogen-bond acceptors (Lipinski definition) is 4. The maximum atomic E-state index is 13.0. The quantitative estimate of drug-likeness (QED) is 0.639. The zero-order chi connectivity index (χ0) is 21.9. The minimum atomic E-state index is -3.88. The van der Waals surface area contributed by atoms with Crippen molar-refractivity contribution >= 4 is 27.5 Å². The summed E-state index contributed by atoms with van der Waals surface area (Å²) < 4.78 is 28.7. The van der Waals surface area contributed by atoms with E-state index >= 15 is 0 Å². The molecule has 1 atom stereocenters. The second-order valence-corrected chi connectivity index (χ2v) is 10.7. The first-order chi connectivity index (χ1) is 14.2. The number of fused-ring (bicyclic) bond motifs is 1. The average Bonchev–Trinajstić information content (AvgIpc) is 2.87. The summed E-state index contributed by atoms with van der Waals surface area (Å²) in [5, 5.41) is 5.85. The Morgan fingerprint density at radius 2 is 1.83 bits per heavy atom. The van der Waals surface area contributed by atoms with Crippen LogP contribution in [0.5, 0.6) is 0 Å². The van der Waals surface area contributed by atoms with E-state index in [2.05, 4.69) is 22.3 Å². The Morgan fingerprint density at radius 3 is 2.50 bits per heavy atom. The van der Waals surface area contributed by atoms with Crippen molar-refractivity contribution in [1.82, 2.24) is 10.0 Å². The van der Waals surface area contributed by atoms with Crippen molar-refractivity contribution in [2.75, 3.05) is 5.32 Å². The molecule has 1 saturated carbocycles. The molecule has 30 heavy (non-hydrogen) atoms. The van der Waals surface area contributed by atoms with Gasteiger partial charge in [-0.15, -0.1) is 0 Å². The van der Waals surface area contributed by atoms with Crippen molar-refractivity contribution in [3.8, 4) is 0 Å². The fourth-order valence-electron chi connectivity index (χ4n) is 4.14. The molecule has 1 fully saturated rings. The van der Waals surface area contributed by atoms with Gasteiger partial charge < -0.3 is 10.6 Å². The topological polar surface area (TPSA) is 104 Å². The van der Waals surface area contributed by atoms with Gasteiger partial charge in [0, 0.05) is 18.2 Å². The lowest BCUT2D eigenvalue weighted by atomic mass is 9.87. The minimum absolute atomic E-state index is 0.0591. The van der Waals surface area contributed by atoms with E-state index in [1.165, 1.54) is 6.07 Å². The molecule has 3 N–H and O–H groups in total. The van der Waals surface area contributed by atoms with E-state index in [1.54, 1.807) is 12.1 Å². The van der Waals surface area contributed by atoms with Gasteiger partial charge in [0.2, 0.25) is 21.8 Å². The normalized spacial score (nSPS) is 23.3. The predicted octanol–water partition coefficient (Wildman–Crippen LogP) is 2.96. The maximum Gasteiger partial charge on any atom is 0.241 e. The Bertz CT molecular complexity index is 890. The number of amides is 2. The van der Waals surface area contributed by atoms with Gasteiger partial charge in [0.25, 0.3) is 0 Å². The molecule has 1 aliphatic carbocycles. The molecule has 8 heteroatoms. The summed E-state index contributed by atoms with van der Waals surface area (Å²) in [4.78, 5) is 24.7. The van der Waals surface area contributed by atoms with Crippen molar-refractivity contribution in [2.45, 2.75) is 82.7 Å². The number of carbonyl (C=O) groups excluding carboxylic acids is 2. The number of rotatable bonds is 6. The summed E-state index contributed by atoms with van der Waals surface area (Å²) in [5.74, 6) is 0.157. The summed E-state index contributed by atoms with van der Waals surface area (Å²) in [7, 11) is -3.88. The second kappa shape index (κ2) is 9.47. The molecule has 3 rings (SSSR count). The number of hydrogen-bond donors (Lipinski definition) is 3. The molecule has 1 aliphatic heterocycles. The largest absolute Gasteiger partial charge is 0.352 e. The molecular weight excluding hydrogens is 402 g/mol. The predicted molar refractivity (Wildman–Crippen MR) is 117 cm³/mol. The van der Waals surface area contributed by atoms with Crippen molar-refractivity contribution in [3.63, 3.8) is 0 Å². The summed E-state index contributed by atoms with van der Waals surface area (Å²) >= 11 is 0. The Labute approximate surface area is 179 Å². The Hall–Kier alpha value is -1.93. The zero-order valence-corrected chi connectivity index (χ0v) is 18.8. The molecule has 166 valence electrons. The highest BCUT2D eigenvalue weighted by Gasteiger charge is 2.31. The number of benzene rings is 1. The average molecular weight is 436 g/mol. The molecular formula is C22H33N3O4S. The Morgan fingerprint density at radius 1 is 1.13 bits per heavy atom. The highest BCUT2D eigenvalue weighted by atomic mass is 32.2. The summed E-state index contributed by atoms with van der Waals surface area (Å²) in [6.45, 7) is 5.89. The van der Waals surface area contributed by atoms with E-state index in [0.29, 0.717) is 30.9 Å². The van der Waals surface area contributed by atoms with Gasteiger partial charge in [0.15, 0.2) is 0 Å². The third-order valence-corrected chi connectivity index (χ3v) is 7.54. The van der Waals surface area contributed by atoms with E-state index in [-0.39, 0.29) is 28.7 Å². The van der Waals surface area contributed by atoms with Crippen LogP contribution in [-0.2, 0) is 26.0 Å². The SMILES string of the molecule is CC1CCC(NC(=O)[C@H](NS(=O)(=O)c2ccc3c(c2)CCCC(=O)N3)C(C)C)CC1. The smallest absolute Gasteiger partial charge is 0.241 e. The lowest BCUT2D eigenvalue weighted by Gasteiger charge is -2.29. The van der Waals surface area contributed by atoms with Crippen LogP contribution in [0.1, 0.15) is 64.9 Å². The van der Waals surface area contributed by atoms with Gasteiger partial charge in [0.1, 0.15) is 6.04 Å². The van der Waals surface area contributed by atoms with Gasteiger partial charge in [-0.1, -0.05) is 20.8 Å². The van der Waals surface area contributed by atoms with Crippen LogP contribution in [0.15, 0.2) is 23.1 Å². The van der Waals surface area contributed by atoms with Crippen molar-refractivity contribution in [3.05, 3.63) is 23.8 Å². The molecule has 0 spiro atoms. The molecule has 2 amide bonds. The van der Waals surface area contributed by atoms with E-state index < -0.39 is 16.1 Å². The molecule has 1 aromatic carbocycles. The molecule has 7 nitrogen and oxygen atoms in total. The zero-order valence-electron chi connectivity index (χ0n) is 18.0. The first-order valence-corrected chi connectivity index (χ1v) is 12.4. The fourth-order valence-corrected chi connectivity index (χ4v) is 5.54. The van der Waals surface area contributed by atoms with Crippen LogP contribution in [0.25, 0.3) is 0 Å². The molecule has 0 saturated heterocycles. The van der Waals surface area contributed by atoms with E-state index in [0.717, 1.165) is 31.2 Å². The summed E-state index contributed by atoms with van der Waals surface area (Å²) in [6, 6.07) is 3.97. The van der Waals surface area contributed by atoms with Crippen molar-refractivity contribution in [2.24, 2.45) is 11.8 Å². The maximum absolute atomic E-state index is 13.0. The lowest BCUT2D eigenvalue weighted by molar-refractivity contribution is -0.124. The Balaban J connectivity index is 1.73. The van der Waals surface area contributed by atoms with Crippen molar-refractivity contribution < 1.29 is 18.0 Å². The summed E-state index contributed by atoms with van der Waals surface area (Å²) in [5.41, 5.74) is 1.45.